The Balaban J connectivity index is 1.45. The smallest absolute Gasteiger partial charge is 0.149 e. The molecule has 0 bridgehead atoms. The summed E-state index contributed by atoms with van der Waals surface area (Å²) in [5.41, 5.74) is 1.68. The molecular weight excluding hydrogens is 308 g/mol. The van der Waals surface area contributed by atoms with Gasteiger partial charge in [0.15, 0.2) is 0 Å². The highest BCUT2D eigenvalue weighted by Crippen LogP contribution is 2.15. The molecule has 3 nitrogen and oxygen atoms in total. The van der Waals surface area contributed by atoms with E-state index in [1.807, 2.05) is 6.07 Å². The van der Waals surface area contributed by atoms with Gasteiger partial charge >= 0.3 is 0 Å². The summed E-state index contributed by atoms with van der Waals surface area (Å²) in [7, 11) is 0. The molecule has 1 unspecified atom stereocenters. The van der Waals surface area contributed by atoms with Crippen molar-refractivity contribution in [3.63, 3.8) is 0 Å². The Morgan fingerprint density at radius 3 is 2.75 bits per heavy atom. The standard InChI is InChI=1S/C19H23F2N3/c20-16-6-7-19(18(21)12-16)23-9-8-17-14-24(11-10-22-17)13-15-4-2-1-3-5-15/h1-7,12,17,22-23H,8-11,13-14H2. The molecule has 0 amide bonds. The Hall–Kier alpha value is -1.98. The van der Waals surface area contributed by atoms with Crippen molar-refractivity contribution >= 4 is 5.69 Å². The van der Waals surface area contributed by atoms with Crippen molar-refractivity contribution in [2.75, 3.05) is 31.5 Å². The van der Waals surface area contributed by atoms with E-state index in [9.17, 15) is 8.78 Å². The Kier molecular flexibility index (Phi) is 5.77. The van der Waals surface area contributed by atoms with Crippen LogP contribution in [0, 0.1) is 11.6 Å². The minimum absolute atomic E-state index is 0.355. The number of benzene rings is 2. The average molecular weight is 331 g/mol. The maximum Gasteiger partial charge on any atom is 0.149 e. The van der Waals surface area contributed by atoms with Crippen molar-refractivity contribution in [1.82, 2.24) is 10.2 Å². The topological polar surface area (TPSA) is 27.3 Å². The summed E-state index contributed by atoms with van der Waals surface area (Å²) in [6.07, 6.45) is 0.891. The fourth-order valence-electron chi connectivity index (χ4n) is 3.09. The van der Waals surface area contributed by atoms with Crippen molar-refractivity contribution < 1.29 is 8.78 Å². The zero-order valence-electron chi connectivity index (χ0n) is 13.6. The van der Waals surface area contributed by atoms with Crippen molar-refractivity contribution in [1.29, 1.82) is 0 Å². The molecule has 1 saturated heterocycles. The second-order valence-corrected chi connectivity index (χ2v) is 6.21. The molecule has 1 aliphatic rings. The van der Waals surface area contributed by atoms with Crippen molar-refractivity contribution in [3.05, 3.63) is 65.7 Å². The van der Waals surface area contributed by atoms with E-state index in [4.69, 9.17) is 0 Å². The molecule has 128 valence electrons. The third-order valence-corrected chi connectivity index (χ3v) is 4.33. The second-order valence-electron chi connectivity index (χ2n) is 6.21. The zero-order valence-corrected chi connectivity index (χ0v) is 13.6. The first-order chi connectivity index (χ1) is 11.7. The Labute approximate surface area is 141 Å². The normalized spacial score (nSPS) is 18.5. The van der Waals surface area contributed by atoms with Crippen LogP contribution in [0.4, 0.5) is 14.5 Å². The van der Waals surface area contributed by atoms with E-state index in [0.29, 0.717) is 18.3 Å². The lowest BCUT2D eigenvalue weighted by Crippen LogP contribution is -2.50. The average Bonchev–Trinajstić information content (AvgIpc) is 2.58. The summed E-state index contributed by atoms with van der Waals surface area (Å²) >= 11 is 0. The molecule has 24 heavy (non-hydrogen) atoms. The summed E-state index contributed by atoms with van der Waals surface area (Å²) < 4.78 is 26.5. The molecule has 1 fully saturated rings. The minimum atomic E-state index is -0.552. The second kappa shape index (κ2) is 8.22. The predicted octanol–water partition coefficient (Wildman–Crippen LogP) is 3.24. The van der Waals surface area contributed by atoms with Crippen LogP contribution in [0.25, 0.3) is 0 Å². The van der Waals surface area contributed by atoms with E-state index in [0.717, 1.165) is 38.7 Å². The van der Waals surface area contributed by atoms with Crippen LogP contribution in [0.3, 0.4) is 0 Å². The third-order valence-electron chi connectivity index (χ3n) is 4.33. The number of nitrogens with zero attached hydrogens (tertiary/aromatic N) is 1. The zero-order chi connectivity index (χ0) is 16.8. The maximum absolute atomic E-state index is 13.6. The molecule has 1 heterocycles. The summed E-state index contributed by atoms with van der Waals surface area (Å²) in [4.78, 5) is 2.44. The van der Waals surface area contributed by atoms with Gasteiger partial charge in [0.05, 0.1) is 5.69 Å². The van der Waals surface area contributed by atoms with Gasteiger partial charge in [-0.05, 0) is 24.1 Å². The predicted molar refractivity (Wildman–Crippen MR) is 93.0 cm³/mol. The fourth-order valence-corrected chi connectivity index (χ4v) is 3.09. The van der Waals surface area contributed by atoms with E-state index in [1.54, 1.807) is 0 Å². The van der Waals surface area contributed by atoms with Crippen molar-refractivity contribution in [2.45, 2.75) is 19.0 Å². The van der Waals surface area contributed by atoms with E-state index >= 15 is 0 Å². The number of nitrogens with one attached hydrogen (secondary N) is 2. The van der Waals surface area contributed by atoms with Crippen LogP contribution in [0.1, 0.15) is 12.0 Å². The van der Waals surface area contributed by atoms with Crippen LogP contribution < -0.4 is 10.6 Å². The van der Waals surface area contributed by atoms with Crippen LogP contribution in [0.5, 0.6) is 0 Å². The molecular formula is C19H23F2N3. The van der Waals surface area contributed by atoms with Gasteiger partial charge in [0.1, 0.15) is 11.6 Å². The first-order valence-electron chi connectivity index (χ1n) is 8.39. The van der Waals surface area contributed by atoms with Gasteiger partial charge in [0.2, 0.25) is 0 Å². The SMILES string of the molecule is Fc1ccc(NCCC2CN(Cc3ccccc3)CCN2)c(F)c1. The van der Waals surface area contributed by atoms with Gasteiger partial charge in [-0.2, -0.15) is 0 Å². The number of anilines is 1. The summed E-state index contributed by atoms with van der Waals surface area (Å²) in [6, 6.07) is 14.5. The molecule has 2 aromatic carbocycles. The van der Waals surface area contributed by atoms with Crippen molar-refractivity contribution in [2.24, 2.45) is 0 Å². The van der Waals surface area contributed by atoms with E-state index in [2.05, 4.69) is 39.8 Å². The lowest BCUT2D eigenvalue weighted by atomic mass is 10.1. The Morgan fingerprint density at radius 2 is 1.96 bits per heavy atom. The highest BCUT2D eigenvalue weighted by molar-refractivity contribution is 5.44. The van der Waals surface area contributed by atoms with Crippen LogP contribution in [0.15, 0.2) is 48.5 Å². The van der Waals surface area contributed by atoms with E-state index in [1.165, 1.54) is 17.7 Å². The molecule has 3 rings (SSSR count). The van der Waals surface area contributed by atoms with Gasteiger partial charge in [0.25, 0.3) is 0 Å². The minimum Gasteiger partial charge on any atom is -0.383 e. The summed E-state index contributed by atoms with van der Waals surface area (Å²) in [5, 5.41) is 6.56. The molecule has 1 aliphatic heterocycles. The van der Waals surface area contributed by atoms with Gasteiger partial charge in [-0.1, -0.05) is 30.3 Å². The summed E-state index contributed by atoms with van der Waals surface area (Å²) in [5.74, 6) is -1.10. The first kappa shape index (κ1) is 16.9. The number of hydrogen-bond acceptors (Lipinski definition) is 3. The van der Waals surface area contributed by atoms with Gasteiger partial charge in [0, 0.05) is 44.8 Å². The first-order valence-corrected chi connectivity index (χ1v) is 8.39. The number of halogens is 2. The largest absolute Gasteiger partial charge is 0.383 e. The number of hydrogen-bond donors (Lipinski definition) is 2. The quantitative estimate of drug-likeness (QED) is 0.851. The highest BCUT2D eigenvalue weighted by atomic mass is 19.1. The van der Waals surface area contributed by atoms with Gasteiger partial charge in [-0.25, -0.2) is 8.78 Å². The van der Waals surface area contributed by atoms with Crippen molar-refractivity contribution in [3.8, 4) is 0 Å². The third kappa shape index (κ3) is 4.76. The molecule has 2 N–H and O–H groups in total. The van der Waals surface area contributed by atoms with E-state index < -0.39 is 11.6 Å². The van der Waals surface area contributed by atoms with Crippen LogP contribution in [0.2, 0.25) is 0 Å². The summed E-state index contributed by atoms with van der Waals surface area (Å²) in [6.45, 7) is 4.58. The lowest BCUT2D eigenvalue weighted by Gasteiger charge is -2.34. The van der Waals surface area contributed by atoms with Crippen LogP contribution >= 0.6 is 0 Å². The monoisotopic (exact) mass is 331 g/mol. The molecule has 2 aromatic rings. The Bertz CT molecular complexity index is 648. The molecule has 0 saturated carbocycles. The molecule has 0 aromatic heterocycles. The van der Waals surface area contributed by atoms with Gasteiger partial charge in [-0.15, -0.1) is 0 Å². The highest BCUT2D eigenvalue weighted by Gasteiger charge is 2.19. The molecule has 1 atom stereocenters. The van der Waals surface area contributed by atoms with Gasteiger partial charge in [-0.3, -0.25) is 4.90 Å². The fraction of sp³-hybridized carbons (Fsp3) is 0.368. The molecule has 0 radical (unpaired) electrons. The maximum atomic E-state index is 13.6. The van der Waals surface area contributed by atoms with Crippen LogP contribution in [-0.2, 0) is 6.54 Å². The van der Waals surface area contributed by atoms with Gasteiger partial charge < -0.3 is 10.6 Å². The molecule has 0 spiro atoms. The van der Waals surface area contributed by atoms with E-state index in [-0.39, 0.29) is 0 Å². The number of rotatable bonds is 6. The molecule has 5 heteroatoms. The Morgan fingerprint density at radius 1 is 1.12 bits per heavy atom. The number of piperazine rings is 1. The lowest BCUT2D eigenvalue weighted by molar-refractivity contribution is 0.189. The van der Waals surface area contributed by atoms with Crippen LogP contribution in [-0.4, -0.2) is 37.1 Å². The molecule has 0 aliphatic carbocycles.